The van der Waals surface area contributed by atoms with E-state index in [9.17, 15) is 9.90 Å². The summed E-state index contributed by atoms with van der Waals surface area (Å²) >= 11 is 0. The molecular weight excluding hydrogens is 328 g/mol. The van der Waals surface area contributed by atoms with Crippen molar-refractivity contribution in [1.29, 1.82) is 0 Å². The van der Waals surface area contributed by atoms with Gasteiger partial charge in [-0.25, -0.2) is 0 Å². The number of ether oxygens (including phenoxy) is 1. The van der Waals surface area contributed by atoms with Crippen molar-refractivity contribution in [2.45, 2.75) is 44.8 Å². The maximum absolute atomic E-state index is 12.8. The number of benzene rings is 1. The van der Waals surface area contributed by atoms with Crippen LogP contribution in [0.25, 0.3) is 10.9 Å². The van der Waals surface area contributed by atoms with Crippen LogP contribution < -0.4 is 4.74 Å². The Labute approximate surface area is 153 Å². The zero-order valence-corrected chi connectivity index (χ0v) is 15.4. The summed E-state index contributed by atoms with van der Waals surface area (Å²) in [4.78, 5) is 15.4. The summed E-state index contributed by atoms with van der Waals surface area (Å²) < 4.78 is 7.73. The lowest BCUT2D eigenvalue weighted by Gasteiger charge is -2.57. The molecule has 2 saturated heterocycles. The van der Waals surface area contributed by atoms with Crippen molar-refractivity contribution >= 4 is 16.7 Å². The van der Waals surface area contributed by atoms with Crippen molar-refractivity contribution in [2.75, 3.05) is 20.3 Å². The van der Waals surface area contributed by atoms with Gasteiger partial charge >= 0.3 is 0 Å². The number of hydrogen-bond donors (Lipinski definition) is 1. The molecule has 6 rings (SSSR count). The Balaban J connectivity index is 1.76. The zero-order valence-electron chi connectivity index (χ0n) is 15.4. The Kier molecular flexibility index (Phi) is 3.66. The van der Waals surface area contributed by atoms with Crippen molar-refractivity contribution in [2.24, 2.45) is 11.8 Å². The van der Waals surface area contributed by atoms with Crippen molar-refractivity contribution < 1.29 is 14.6 Å². The second-order valence-corrected chi connectivity index (χ2v) is 8.17. The zero-order chi connectivity index (χ0) is 18.0. The molecule has 4 bridgehead atoms. The van der Waals surface area contributed by atoms with Crippen molar-refractivity contribution in [3.8, 4) is 5.75 Å². The van der Waals surface area contributed by atoms with E-state index in [0.29, 0.717) is 17.9 Å². The van der Waals surface area contributed by atoms with Crippen LogP contribution in [0.2, 0.25) is 0 Å². The van der Waals surface area contributed by atoms with E-state index in [-0.39, 0.29) is 5.78 Å². The lowest BCUT2D eigenvalue weighted by atomic mass is 9.64. The number of aliphatic hydroxyl groups is 1. The number of rotatable bonds is 4. The van der Waals surface area contributed by atoms with E-state index in [1.807, 2.05) is 12.1 Å². The summed E-state index contributed by atoms with van der Waals surface area (Å²) in [7, 11) is 1.65. The predicted molar refractivity (Wildman–Crippen MR) is 99.6 cm³/mol. The molecule has 0 amide bonds. The first-order valence-corrected chi connectivity index (χ1v) is 9.74. The molecule has 2 aromatic rings. The first-order valence-electron chi connectivity index (χ1n) is 9.74. The SMILES string of the molecule is CCC1CC2CC3c4c(C(=O)CO)c5cc(OC)ccc5n4CN(C2)C13. The molecule has 3 aliphatic heterocycles. The highest BCUT2D eigenvalue weighted by atomic mass is 16.5. The fraction of sp³-hybridized carbons (Fsp3) is 0.571. The van der Waals surface area contributed by atoms with Gasteiger partial charge in [-0.05, 0) is 42.9 Å². The van der Waals surface area contributed by atoms with E-state index < -0.39 is 6.61 Å². The van der Waals surface area contributed by atoms with Crippen molar-refractivity contribution in [3.05, 3.63) is 29.5 Å². The largest absolute Gasteiger partial charge is 0.497 e. The molecule has 4 aliphatic rings. The quantitative estimate of drug-likeness (QED) is 0.858. The first kappa shape index (κ1) is 16.3. The monoisotopic (exact) mass is 354 g/mol. The summed E-state index contributed by atoms with van der Waals surface area (Å²) in [6, 6.07) is 6.51. The van der Waals surface area contributed by atoms with Gasteiger partial charge in [0.15, 0.2) is 5.78 Å². The van der Waals surface area contributed by atoms with Crippen LogP contribution in [-0.2, 0) is 6.67 Å². The van der Waals surface area contributed by atoms with Crippen LogP contribution in [-0.4, -0.2) is 46.7 Å². The fourth-order valence-corrected chi connectivity index (χ4v) is 6.05. The summed E-state index contributed by atoms with van der Waals surface area (Å²) in [5.74, 6) is 2.42. The Morgan fingerprint density at radius 3 is 2.92 bits per heavy atom. The van der Waals surface area contributed by atoms with Crippen LogP contribution in [0.1, 0.15) is 48.2 Å². The van der Waals surface area contributed by atoms with E-state index in [2.05, 4.69) is 22.5 Å². The van der Waals surface area contributed by atoms with Gasteiger partial charge in [-0.15, -0.1) is 0 Å². The van der Waals surface area contributed by atoms with Gasteiger partial charge in [-0.2, -0.15) is 0 Å². The third-order valence-electron chi connectivity index (χ3n) is 6.96. The van der Waals surface area contributed by atoms with Crippen LogP contribution in [0.15, 0.2) is 18.2 Å². The third kappa shape index (κ3) is 2.07. The number of carbonyl (C=O) groups is 1. The number of hydrogen-bond acceptors (Lipinski definition) is 4. The second-order valence-electron chi connectivity index (χ2n) is 8.17. The lowest BCUT2D eigenvalue weighted by Crippen LogP contribution is -2.59. The van der Waals surface area contributed by atoms with E-state index in [1.54, 1.807) is 7.11 Å². The molecule has 4 heterocycles. The minimum atomic E-state index is -0.439. The highest BCUT2D eigenvalue weighted by molar-refractivity contribution is 6.10. The van der Waals surface area contributed by atoms with Gasteiger partial charge in [0.2, 0.25) is 0 Å². The molecule has 5 nitrogen and oxygen atoms in total. The Bertz CT molecular complexity index is 887. The maximum Gasteiger partial charge on any atom is 0.190 e. The van der Waals surface area contributed by atoms with Gasteiger partial charge in [0.05, 0.1) is 19.3 Å². The number of ketones is 1. The summed E-state index contributed by atoms with van der Waals surface area (Å²) in [6.45, 7) is 3.88. The van der Waals surface area contributed by atoms with Gasteiger partial charge < -0.3 is 14.4 Å². The average molecular weight is 354 g/mol. The number of aromatic nitrogens is 1. The Hall–Kier alpha value is -1.85. The molecule has 1 aromatic heterocycles. The van der Waals surface area contributed by atoms with E-state index >= 15 is 0 Å². The number of methoxy groups -OCH3 is 1. The number of nitrogens with zero attached hydrogens (tertiary/aromatic N) is 2. The highest BCUT2D eigenvalue weighted by Crippen LogP contribution is 2.53. The molecule has 26 heavy (non-hydrogen) atoms. The number of fused-ring (bicyclic) bond motifs is 4. The summed E-state index contributed by atoms with van der Waals surface area (Å²) in [6.07, 6.45) is 3.69. The van der Waals surface area contributed by atoms with E-state index in [1.165, 1.54) is 19.4 Å². The summed E-state index contributed by atoms with van der Waals surface area (Å²) in [5, 5.41) is 10.6. The minimum Gasteiger partial charge on any atom is -0.497 e. The molecule has 5 atom stereocenters. The molecule has 138 valence electrons. The topological polar surface area (TPSA) is 54.7 Å². The normalized spacial score (nSPS) is 31.9. The van der Waals surface area contributed by atoms with Crippen molar-refractivity contribution in [1.82, 2.24) is 9.47 Å². The van der Waals surface area contributed by atoms with E-state index in [0.717, 1.165) is 46.9 Å². The number of aliphatic hydroxyl groups excluding tert-OH is 1. The second kappa shape index (κ2) is 5.83. The molecule has 1 N–H and O–H groups in total. The lowest BCUT2D eigenvalue weighted by molar-refractivity contribution is -0.0542. The van der Waals surface area contributed by atoms with Gasteiger partial charge in [0.25, 0.3) is 0 Å². The fourth-order valence-electron chi connectivity index (χ4n) is 6.05. The molecule has 1 saturated carbocycles. The highest BCUT2D eigenvalue weighted by Gasteiger charge is 2.51. The number of Topliss-reactive ketones (excluding diaryl/α,β-unsaturated/α-hetero) is 1. The average Bonchev–Trinajstić information content (AvgIpc) is 3.00. The molecule has 1 aromatic carbocycles. The molecule has 5 unspecified atom stereocenters. The molecule has 0 radical (unpaired) electrons. The van der Waals surface area contributed by atoms with Crippen LogP contribution in [0.4, 0.5) is 0 Å². The van der Waals surface area contributed by atoms with Gasteiger partial charge in [-0.3, -0.25) is 9.69 Å². The first-order chi connectivity index (χ1) is 12.7. The maximum atomic E-state index is 12.8. The standard InChI is InChI=1S/C21H26N2O3/c1-3-13-6-12-7-16-20(13)22(9-12)11-23-17-5-4-14(26-2)8-15(17)19(21(16)23)18(25)10-24/h4-5,8,12-13,16,20,24H,3,6-7,9-11H2,1-2H3. The minimum absolute atomic E-state index is 0.167. The summed E-state index contributed by atoms with van der Waals surface area (Å²) in [5.41, 5.74) is 2.97. The van der Waals surface area contributed by atoms with Gasteiger partial charge in [0, 0.05) is 35.1 Å². The van der Waals surface area contributed by atoms with Crippen LogP contribution in [0.5, 0.6) is 5.75 Å². The molecule has 5 heteroatoms. The molecular formula is C21H26N2O3. The number of carbonyl (C=O) groups excluding carboxylic acids is 1. The van der Waals surface area contributed by atoms with Crippen LogP contribution in [0.3, 0.4) is 0 Å². The number of piperidine rings is 2. The molecule has 3 fully saturated rings. The molecule has 0 spiro atoms. The third-order valence-corrected chi connectivity index (χ3v) is 6.96. The Morgan fingerprint density at radius 1 is 1.35 bits per heavy atom. The smallest absolute Gasteiger partial charge is 0.190 e. The van der Waals surface area contributed by atoms with Crippen LogP contribution >= 0.6 is 0 Å². The predicted octanol–water partition coefficient (Wildman–Crippen LogP) is 3.00. The Morgan fingerprint density at radius 2 is 2.19 bits per heavy atom. The van der Waals surface area contributed by atoms with Crippen LogP contribution in [0, 0.1) is 11.8 Å². The van der Waals surface area contributed by atoms with Gasteiger partial charge in [-0.1, -0.05) is 13.3 Å². The van der Waals surface area contributed by atoms with E-state index in [4.69, 9.17) is 4.74 Å². The molecule has 1 aliphatic carbocycles. The van der Waals surface area contributed by atoms with Crippen molar-refractivity contribution in [3.63, 3.8) is 0 Å². The van der Waals surface area contributed by atoms with Gasteiger partial charge in [0.1, 0.15) is 12.4 Å².